The summed E-state index contributed by atoms with van der Waals surface area (Å²) in [6.07, 6.45) is 2.10. The average molecular weight is 280 g/mol. The Balaban J connectivity index is 2.12. The summed E-state index contributed by atoms with van der Waals surface area (Å²) in [5.74, 6) is 0.798. The van der Waals surface area contributed by atoms with Gasteiger partial charge in [-0.2, -0.15) is 10.4 Å². The van der Waals surface area contributed by atoms with E-state index in [0.717, 1.165) is 18.5 Å². The van der Waals surface area contributed by atoms with E-state index in [0.29, 0.717) is 22.5 Å². The van der Waals surface area contributed by atoms with Crippen LogP contribution in [0, 0.1) is 11.3 Å². The number of nitrogens with zero attached hydrogens (tertiary/aromatic N) is 5. The predicted molar refractivity (Wildman–Crippen MR) is 65.9 cm³/mol. The summed E-state index contributed by atoms with van der Waals surface area (Å²) >= 11 is 11.8. The SMILES string of the molecule is N#Cc1c(C2CC2)nn(-c2ccc(Cl)nn2)c1Cl. The fourth-order valence-electron chi connectivity index (χ4n) is 1.73. The van der Waals surface area contributed by atoms with Crippen molar-refractivity contribution in [3.05, 3.63) is 33.7 Å². The molecule has 1 fully saturated rings. The predicted octanol–water partition coefficient (Wildman–Crippen LogP) is 2.72. The molecule has 2 aromatic heterocycles. The van der Waals surface area contributed by atoms with Gasteiger partial charge in [0.15, 0.2) is 16.1 Å². The monoisotopic (exact) mass is 279 g/mol. The van der Waals surface area contributed by atoms with Crippen LogP contribution in [0.1, 0.15) is 30.0 Å². The van der Waals surface area contributed by atoms with Crippen molar-refractivity contribution >= 4 is 23.2 Å². The van der Waals surface area contributed by atoms with Crippen molar-refractivity contribution in [3.63, 3.8) is 0 Å². The zero-order valence-electron chi connectivity index (χ0n) is 9.14. The van der Waals surface area contributed by atoms with E-state index in [2.05, 4.69) is 21.4 Å². The van der Waals surface area contributed by atoms with Crippen LogP contribution in [0.4, 0.5) is 0 Å². The van der Waals surface area contributed by atoms with Crippen molar-refractivity contribution in [2.75, 3.05) is 0 Å². The van der Waals surface area contributed by atoms with Gasteiger partial charge in [0.25, 0.3) is 0 Å². The van der Waals surface area contributed by atoms with Crippen molar-refractivity contribution in [1.82, 2.24) is 20.0 Å². The molecule has 0 aromatic carbocycles. The number of hydrogen-bond donors (Lipinski definition) is 0. The third-order valence-electron chi connectivity index (χ3n) is 2.77. The van der Waals surface area contributed by atoms with Crippen LogP contribution in [0.15, 0.2) is 12.1 Å². The summed E-state index contributed by atoms with van der Waals surface area (Å²) in [6, 6.07) is 5.36. The van der Waals surface area contributed by atoms with E-state index in [4.69, 9.17) is 28.5 Å². The molecule has 0 saturated heterocycles. The molecule has 0 atom stereocenters. The van der Waals surface area contributed by atoms with Gasteiger partial charge in [-0.1, -0.05) is 23.2 Å². The largest absolute Gasteiger partial charge is 0.200 e. The van der Waals surface area contributed by atoms with E-state index in [1.165, 1.54) is 4.68 Å². The first kappa shape index (κ1) is 11.5. The van der Waals surface area contributed by atoms with Crippen molar-refractivity contribution < 1.29 is 0 Å². The molecule has 1 saturated carbocycles. The number of aromatic nitrogens is 4. The van der Waals surface area contributed by atoms with E-state index in [9.17, 15) is 0 Å². The van der Waals surface area contributed by atoms with Crippen molar-refractivity contribution in [2.45, 2.75) is 18.8 Å². The molecule has 3 rings (SSSR count). The highest BCUT2D eigenvalue weighted by atomic mass is 35.5. The summed E-state index contributed by atoms with van der Waals surface area (Å²) in [5.41, 5.74) is 1.18. The van der Waals surface area contributed by atoms with Gasteiger partial charge in [0.05, 0.1) is 5.69 Å². The van der Waals surface area contributed by atoms with Gasteiger partial charge >= 0.3 is 0 Å². The zero-order chi connectivity index (χ0) is 12.7. The molecule has 0 N–H and O–H groups in total. The maximum absolute atomic E-state index is 9.14. The topological polar surface area (TPSA) is 67.4 Å². The van der Waals surface area contributed by atoms with Crippen LogP contribution in [0.25, 0.3) is 5.82 Å². The Kier molecular flexibility index (Phi) is 2.69. The molecule has 0 radical (unpaired) electrons. The van der Waals surface area contributed by atoms with Crippen LogP contribution in [-0.4, -0.2) is 20.0 Å². The number of halogens is 2. The van der Waals surface area contributed by atoms with Gasteiger partial charge in [0.1, 0.15) is 11.6 Å². The summed E-state index contributed by atoms with van der Waals surface area (Å²) < 4.78 is 1.43. The summed E-state index contributed by atoms with van der Waals surface area (Å²) in [4.78, 5) is 0. The Morgan fingerprint density at radius 2 is 2.06 bits per heavy atom. The third kappa shape index (κ3) is 1.84. The lowest BCUT2D eigenvalue weighted by Crippen LogP contribution is -2.01. The molecule has 0 aliphatic heterocycles. The van der Waals surface area contributed by atoms with Gasteiger partial charge in [-0.3, -0.25) is 0 Å². The molecule has 0 bridgehead atoms. The van der Waals surface area contributed by atoms with Crippen LogP contribution in [0.5, 0.6) is 0 Å². The van der Waals surface area contributed by atoms with E-state index in [1.807, 2.05) is 0 Å². The van der Waals surface area contributed by atoms with Gasteiger partial charge in [-0.15, -0.1) is 10.2 Å². The highest BCUT2D eigenvalue weighted by molar-refractivity contribution is 6.31. The minimum absolute atomic E-state index is 0.274. The standard InChI is InChI=1S/C11H7Cl2N5/c12-8-3-4-9(16-15-8)18-11(13)7(5-14)10(17-18)6-1-2-6/h3-4,6H,1-2H2. The summed E-state index contributed by atoms with van der Waals surface area (Å²) in [5, 5.41) is 21.7. The molecule has 2 aromatic rings. The lowest BCUT2D eigenvalue weighted by atomic mass is 10.2. The third-order valence-corrected chi connectivity index (χ3v) is 3.32. The first-order chi connectivity index (χ1) is 8.70. The zero-order valence-corrected chi connectivity index (χ0v) is 10.7. The minimum atomic E-state index is 0.274. The van der Waals surface area contributed by atoms with Crippen molar-refractivity contribution in [2.24, 2.45) is 0 Å². The normalized spacial score (nSPS) is 14.5. The van der Waals surface area contributed by atoms with Gasteiger partial charge in [-0.05, 0) is 25.0 Å². The van der Waals surface area contributed by atoms with Gasteiger partial charge < -0.3 is 0 Å². The quantitative estimate of drug-likeness (QED) is 0.848. The lowest BCUT2D eigenvalue weighted by Gasteiger charge is -1.99. The number of nitriles is 1. The minimum Gasteiger partial charge on any atom is -0.200 e. The van der Waals surface area contributed by atoms with Gasteiger partial charge in [0.2, 0.25) is 0 Å². The van der Waals surface area contributed by atoms with Crippen LogP contribution >= 0.6 is 23.2 Å². The maximum Gasteiger partial charge on any atom is 0.177 e. The maximum atomic E-state index is 9.14. The van der Waals surface area contributed by atoms with Gasteiger partial charge in [-0.25, -0.2) is 4.68 Å². The van der Waals surface area contributed by atoms with Crippen molar-refractivity contribution in [3.8, 4) is 11.9 Å². The Morgan fingerprint density at radius 3 is 2.61 bits per heavy atom. The van der Waals surface area contributed by atoms with Gasteiger partial charge in [0, 0.05) is 5.92 Å². The highest BCUT2D eigenvalue weighted by Crippen LogP contribution is 2.42. The second kappa shape index (κ2) is 4.23. The van der Waals surface area contributed by atoms with Crippen LogP contribution in [-0.2, 0) is 0 Å². The molecule has 1 aliphatic rings. The first-order valence-electron chi connectivity index (χ1n) is 5.39. The molecule has 1 aliphatic carbocycles. The number of hydrogen-bond acceptors (Lipinski definition) is 4. The fraction of sp³-hybridized carbons (Fsp3) is 0.273. The second-order valence-corrected chi connectivity index (χ2v) is 4.81. The summed E-state index contributed by atoms with van der Waals surface area (Å²) in [7, 11) is 0. The molecule has 18 heavy (non-hydrogen) atoms. The van der Waals surface area contributed by atoms with Crippen LogP contribution in [0.2, 0.25) is 10.3 Å². The lowest BCUT2D eigenvalue weighted by molar-refractivity contribution is 0.790. The Morgan fingerprint density at radius 1 is 1.28 bits per heavy atom. The molecule has 7 heteroatoms. The van der Waals surface area contributed by atoms with E-state index < -0.39 is 0 Å². The van der Waals surface area contributed by atoms with Crippen molar-refractivity contribution in [1.29, 1.82) is 5.26 Å². The number of rotatable bonds is 2. The molecule has 5 nitrogen and oxygen atoms in total. The molecule has 0 unspecified atom stereocenters. The Hall–Kier alpha value is -1.64. The van der Waals surface area contributed by atoms with Crippen LogP contribution in [0.3, 0.4) is 0 Å². The fourth-order valence-corrected chi connectivity index (χ4v) is 2.10. The average Bonchev–Trinajstić information content (AvgIpc) is 3.15. The van der Waals surface area contributed by atoms with Crippen LogP contribution < -0.4 is 0 Å². The van der Waals surface area contributed by atoms with E-state index in [1.54, 1.807) is 12.1 Å². The molecule has 0 amide bonds. The Labute approximate surface area is 113 Å². The molecule has 2 heterocycles. The first-order valence-corrected chi connectivity index (χ1v) is 6.14. The van der Waals surface area contributed by atoms with E-state index in [-0.39, 0.29) is 5.15 Å². The highest BCUT2D eigenvalue weighted by Gasteiger charge is 2.32. The Bertz CT molecular complexity index is 637. The summed E-state index contributed by atoms with van der Waals surface area (Å²) in [6.45, 7) is 0. The molecule has 90 valence electrons. The van der Waals surface area contributed by atoms with E-state index >= 15 is 0 Å². The molecule has 0 spiro atoms. The molecular weight excluding hydrogens is 273 g/mol. The molecular formula is C11H7Cl2N5. The second-order valence-electron chi connectivity index (χ2n) is 4.06. The smallest absolute Gasteiger partial charge is 0.177 e.